The maximum absolute atomic E-state index is 12.0. The Morgan fingerprint density at radius 1 is 0.824 bits per heavy atom. The van der Waals surface area contributed by atoms with Gasteiger partial charge in [-0.25, -0.2) is 4.79 Å². The molecule has 0 spiro atoms. The lowest BCUT2D eigenvalue weighted by Gasteiger charge is -2.17. The van der Waals surface area contributed by atoms with Crippen LogP contribution in [-0.4, -0.2) is 28.2 Å². The predicted octanol–water partition coefficient (Wildman–Crippen LogP) is 3.69. The van der Waals surface area contributed by atoms with Crippen LogP contribution in [0.4, 0.5) is 11.4 Å². The summed E-state index contributed by atoms with van der Waals surface area (Å²) >= 11 is 0. The molecule has 166 valence electrons. The van der Waals surface area contributed by atoms with E-state index in [4.69, 9.17) is 4.42 Å². The number of anilines is 2. The number of carboxylic acids is 1. The van der Waals surface area contributed by atoms with Crippen molar-refractivity contribution in [3.05, 3.63) is 101 Å². The second-order valence-corrected chi connectivity index (χ2v) is 7.82. The average Bonchev–Trinajstić information content (AvgIpc) is 2.82. The highest BCUT2D eigenvalue weighted by Gasteiger charge is 2.21. The molecule has 3 aromatic rings. The summed E-state index contributed by atoms with van der Waals surface area (Å²) in [6.07, 6.45) is 0. The lowest BCUT2D eigenvalue weighted by molar-refractivity contribution is 0.0697. The normalized spacial score (nSPS) is 11.0. The summed E-state index contributed by atoms with van der Waals surface area (Å²) in [7, 11) is -1.59. The highest BCUT2D eigenvalue weighted by atomic mass is 16.4. The third-order valence-corrected chi connectivity index (χ3v) is 5.59. The molecule has 1 heterocycles. The molecule has 0 saturated carbocycles. The van der Waals surface area contributed by atoms with Crippen LogP contribution < -0.4 is 16.2 Å². The molecule has 0 bridgehead atoms. The Bertz CT molecular complexity index is 1580. The fourth-order valence-electron chi connectivity index (χ4n) is 4.07. The second kappa shape index (κ2) is 8.51. The van der Waals surface area contributed by atoms with Crippen molar-refractivity contribution in [1.82, 2.24) is 0 Å². The SMILES string of the molecule is O=C(O)c1ccccc1-c1c2ccc(=O)cc-2oc2cc(Nc3cccc(B(O)O)c3)ccc12. The van der Waals surface area contributed by atoms with E-state index >= 15 is 0 Å². The van der Waals surface area contributed by atoms with E-state index in [1.165, 1.54) is 12.1 Å². The molecule has 2 aliphatic rings. The molecule has 3 aromatic carbocycles. The van der Waals surface area contributed by atoms with Gasteiger partial charge in [0.25, 0.3) is 0 Å². The molecule has 0 fully saturated rings. The molecule has 1 aliphatic heterocycles. The van der Waals surface area contributed by atoms with Crippen molar-refractivity contribution in [2.45, 2.75) is 0 Å². The van der Waals surface area contributed by atoms with Crippen molar-refractivity contribution in [2.75, 3.05) is 5.32 Å². The molecule has 34 heavy (non-hydrogen) atoms. The minimum Gasteiger partial charge on any atom is -0.478 e. The van der Waals surface area contributed by atoms with Crippen LogP contribution in [0.15, 0.2) is 94.1 Å². The number of hydrogen-bond donors (Lipinski definition) is 4. The molecule has 0 atom stereocenters. The first-order valence-corrected chi connectivity index (χ1v) is 10.5. The van der Waals surface area contributed by atoms with Gasteiger partial charge in [-0.15, -0.1) is 0 Å². The van der Waals surface area contributed by atoms with Crippen molar-refractivity contribution < 1.29 is 24.4 Å². The van der Waals surface area contributed by atoms with E-state index in [1.54, 1.807) is 60.7 Å². The maximum Gasteiger partial charge on any atom is 0.488 e. The van der Waals surface area contributed by atoms with Gasteiger partial charge in [0, 0.05) is 40.0 Å². The van der Waals surface area contributed by atoms with E-state index in [2.05, 4.69) is 5.32 Å². The van der Waals surface area contributed by atoms with Crippen LogP contribution in [0, 0.1) is 0 Å². The quantitative estimate of drug-likeness (QED) is 0.238. The molecule has 8 heteroatoms. The third-order valence-electron chi connectivity index (χ3n) is 5.59. The summed E-state index contributed by atoms with van der Waals surface area (Å²) in [5.74, 6) is -0.708. The van der Waals surface area contributed by atoms with E-state index in [-0.39, 0.29) is 11.0 Å². The summed E-state index contributed by atoms with van der Waals surface area (Å²) < 4.78 is 6.06. The van der Waals surface area contributed by atoms with Gasteiger partial charge < -0.3 is 24.9 Å². The van der Waals surface area contributed by atoms with Gasteiger partial charge in [0.1, 0.15) is 11.3 Å². The summed E-state index contributed by atoms with van der Waals surface area (Å²) in [6.45, 7) is 0. The fraction of sp³-hybridized carbons (Fsp3) is 0. The van der Waals surface area contributed by atoms with Crippen molar-refractivity contribution >= 4 is 40.9 Å². The van der Waals surface area contributed by atoms with Gasteiger partial charge in [0.15, 0.2) is 5.43 Å². The zero-order chi connectivity index (χ0) is 23.8. The van der Waals surface area contributed by atoms with Gasteiger partial charge in [-0.2, -0.15) is 0 Å². The lowest BCUT2D eigenvalue weighted by atomic mass is 9.80. The molecular formula is C26H18BNO6. The van der Waals surface area contributed by atoms with Crippen molar-refractivity contribution in [1.29, 1.82) is 0 Å². The van der Waals surface area contributed by atoms with Gasteiger partial charge in [-0.3, -0.25) is 4.79 Å². The van der Waals surface area contributed by atoms with Gasteiger partial charge in [-0.1, -0.05) is 30.3 Å². The second-order valence-electron chi connectivity index (χ2n) is 7.82. The van der Waals surface area contributed by atoms with Gasteiger partial charge in [0.2, 0.25) is 0 Å². The number of rotatable bonds is 5. The number of carbonyl (C=O) groups is 1. The van der Waals surface area contributed by atoms with Crippen molar-refractivity contribution in [3.63, 3.8) is 0 Å². The topological polar surface area (TPSA) is 120 Å². The van der Waals surface area contributed by atoms with Gasteiger partial charge in [-0.05, 0) is 53.5 Å². The summed E-state index contributed by atoms with van der Waals surface area (Å²) in [5.41, 5.74) is 3.83. The minimum atomic E-state index is -1.59. The van der Waals surface area contributed by atoms with E-state index in [0.717, 1.165) is 0 Å². The van der Waals surface area contributed by atoms with E-state index in [1.807, 2.05) is 12.1 Å². The Kier molecular flexibility index (Phi) is 5.37. The van der Waals surface area contributed by atoms with E-state index in [9.17, 15) is 24.7 Å². The molecular weight excluding hydrogens is 433 g/mol. The third kappa shape index (κ3) is 3.92. The zero-order valence-electron chi connectivity index (χ0n) is 17.7. The summed E-state index contributed by atoms with van der Waals surface area (Å²) in [6, 6.07) is 23.3. The first-order chi connectivity index (χ1) is 16.4. The van der Waals surface area contributed by atoms with Crippen molar-refractivity contribution in [3.8, 4) is 22.5 Å². The van der Waals surface area contributed by atoms with Crippen LogP contribution in [0.3, 0.4) is 0 Å². The molecule has 5 rings (SSSR count). The lowest BCUT2D eigenvalue weighted by Crippen LogP contribution is -2.29. The zero-order valence-corrected chi connectivity index (χ0v) is 17.7. The summed E-state index contributed by atoms with van der Waals surface area (Å²) in [5, 5.41) is 32.5. The van der Waals surface area contributed by atoms with Gasteiger partial charge >= 0.3 is 13.1 Å². The molecule has 0 aromatic heterocycles. The highest BCUT2D eigenvalue weighted by molar-refractivity contribution is 6.58. The molecule has 0 saturated heterocycles. The molecule has 1 aliphatic carbocycles. The monoisotopic (exact) mass is 451 g/mol. The molecule has 4 N–H and O–H groups in total. The average molecular weight is 451 g/mol. The molecule has 7 nitrogen and oxygen atoms in total. The van der Waals surface area contributed by atoms with E-state index < -0.39 is 13.1 Å². The van der Waals surface area contributed by atoms with Crippen LogP contribution in [0.5, 0.6) is 0 Å². The maximum atomic E-state index is 12.0. The predicted molar refractivity (Wildman–Crippen MR) is 131 cm³/mol. The van der Waals surface area contributed by atoms with Crippen LogP contribution in [0.25, 0.3) is 33.4 Å². The Balaban J connectivity index is 1.72. The van der Waals surface area contributed by atoms with Crippen LogP contribution in [0.2, 0.25) is 0 Å². The Morgan fingerprint density at radius 2 is 1.62 bits per heavy atom. The van der Waals surface area contributed by atoms with E-state index in [0.29, 0.717) is 50.3 Å². The number of hydrogen-bond acceptors (Lipinski definition) is 6. The number of carboxylic acid groups (broad SMARTS) is 1. The highest BCUT2D eigenvalue weighted by Crippen LogP contribution is 2.41. The summed E-state index contributed by atoms with van der Waals surface area (Å²) in [4.78, 5) is 24.0. The van der Waals surface area contributed by atoms with Gasteiger partial charge in [0.05, 0.1) is 5.56 Å². The number of aromatic carboxylic acids is 1. The number of nitrogens with one attached hydrogen (secondary N) is 1. The standard InChI is InChI=1S/C26H18BNO6/c29-18-9-11-22-24(14-18)34-23-13-17(28-16-5-3-4-15(12-16)27(32)33)8-10-21(23)25(22)19-6-1-2-7-20(19)26(30)31/h1-14,28,32-33H,(H,30,31). The Labute approximate surface area is 194 Å². The molecule has 0 radical (unpaired) electrons. The molecule has 0 unspecified atom stereocenters. The van der Waals surface area contributed by atoms with Crippen LogP contribution >= 0.6 is 0 Å². The minimum absolute atomic E-state index is 0.143. The van der Waals surface area contributed by atoms with Crippen molar-refractivity contribution in [2.24, 2.45) is 0 Å². The fourth-order valence-corrected chi connectivity index (χ4v) is 4.07. The first kappa shape index (κ1) is 21.5. The Hall–Kier alpha value is -4.40. The largest absolute Gasteiger partial charge is 0.488 e. The molecule has 0 amide bonds. The Morgan fingerprint density at radius 3 is 2.41 bits per heavy atom. The van der Waals surface area contributed by atoms with Crippen LogP contribution in [-0.2, 0) is 0 Å². The first-order valence-electron chi connectivity index (χ1n) is 10.5. The smallest absolute Gasteiger partial charge is 0.478 e. The number of benzene rings is 4. The van der Waals surface area contributed by atoms with Crippen LogP contribution in [0.1, 0.15) is 10.4 Å². The number of fused-ring (bicyclic) bond motifs is 2.